The molecule has 0 aliphatic carbocycles. The van der Waals surface area contributed by atoms with Gasteiger partial charge in [0.25, 0.3) is 5.91 Å². The van der Waals surface area contributed by atoms with Crippen LogP contribution in [0.3, 0.4) is 0 Å². The van der Waals surface area contributed by atoms with E-state index in [1.54, 1.807) is 30.3 Å². The molecule has 142 valence electrons. The number of nitrogens with two attached hydrogens (primary N) is 1. The molecule has 5 N–H and O–H groups in total. The SMILES string of the molecule is COc1ccc(C(N)=O)cc1NC(=O)c1cccc(NC(=O)NC(C)C)c1. The van der Waals surface area contributed by atoms with Crippen molar-refractivity contribution in [2.24, 2.45) is 5.73 Å². The number of anilines is 2. The van der Waals surface area contributed by atoms with Gasteiger partial charge in [-0.1, -0.05) is 6.07 Å². The molecule has 0 saturated heterocycles. The van der Waals surface area contributed by atoms with E-state index in [2.05, 4.69) is 16.0 Å². The number of methoxy groups -OCH3 is 1. The number of amides is 4. The first-order chi connectivity index (χ1) is 12.8. The van der Waals surface area contributed by atoms with Crippen LogP contribution in [0.1, 0.15) is 34.6 Å². The van der Waals surface area contributed by atoms with Gasteiger partial charge >= 0.3 is 6.03 Å². The molecule has 27 heavy (non-hydrogen) atoms. The zero-order chi connectivity index (χ0) is 20.0. The number of rotatable bonds is 6. The van der Waals surface area contributed by atoms with Gasteiger partial charge in [-0.3, -0.25) is 9.59 Å². The average molecular weight is 370 g/mol. The third-order valence-corrected chi connectivity index (χ3v) is 3.53. The molecule has 8 heteroatoms. The van der Waals surface area contributed by atoms with E-state index in [1.807, 2.05) is 13.8 Å². The Labute approximate surface area is 157 Å². The van der Waals surface area contributed by atoms with E-state index < -0.39 is 11.8 Å². The summed E-state index contributed by atoms with van der Waals surface area (Å²) in [5.41, 5.74) is 6.63. The number of carbonyl (C=O) groups is 3. The zero-order valence-corrected chi connectivity index (χ0v) is 15.3. The molecular weight excluding hydrogens is 348 g/mol. The van der Waals surface area contributed by atoms with Crippen molar-refractivity contribution in [1.29, 1.82) is 0 Å². The summed E-state index contributed by atoms with van der Waals surface area (Å²) in [4.78, 5) is 35.7. The number of benzene rings is 2. The molecule has 0 aliphatic rings. The Kier molecular flexibility index (Phi) is 6.37. The number of ether oxygens (including phenoxy) is 1. The molecule has 2 rings (SSSR count). The fourth-order valence-electron chi connectivity index (χ4n) is 2.32. The molecule has 0 saturated carbocycles. The van der Waals surface area contributed by atoms with Crippen LogP contribution in [0.4, 0.5) is 16.2 Å². The standard InChI is InChI=1S/C19H22N4O4/c1-11(2)21-19(26)22-14-6-4-5-13(9-14)18(25)23-15-10-12(17(20)24)7-8-16(15)27-3/h4-11H,1-3H3,(H2,20,24)(H,23,25)(H2,21,22,26). The maximum Gasteiger partial charge on any atom is 0.319 e. The van der Waals surface area contributed by atoms with Crippen LogP contribution in [-0.4, -0.2) is 31.0 Å². The summed E-state index contributed by atoms with van der Waals surface area (Å²) in [5, 5.41) is 8.05. The van der Waals surface area contributed by atoms with Crippen molar-refractivity contribution < 1.29 is 19.1 Å². The van der Waals surface area contributed by atoms with Crippen LogP contribution in [0.2, 0.25) is 0 Å². The highest BCUT2D eigenvalue weighted by Gasteiger charge is 2.13. The Bertz CT molecular complexity index is 865. The fourth-order valence-corrected chi connectivity index (χ4v) is 2.32. The monoisotopic (exact) mass is 370 g/mol. The lowest BCUT2D eigenvalue weighted by molar-refractivity contribution is 0.0996. The van der Waals surface area contributed by atoms with E-state index >= 15 is 0 Å². The summed E-state index contributed by atoms with van der Waals surface area (Å²) in [6.07, 6.45) is 0. The smallest absolute Gasteiger partial charge is 0.319 e. The maximum atomic E-state index is 12.6. The molecule has 0 aliphatic heterocycles. The van der Waals surface area contributed by atoms with Crippen molar-refractivity contribution in [3.8, 4) is 5.75 Å². The average Bonchev–Trinajstić information content (AvgIpc) is 2.61. The van der Waals surface area contributed by atoms with E-state index in [4.69, 9.17) is 10.5 Å². The highest BCUT2D eigenvalue weighted by Crippen LogP contribution is 2.26. The molecule has 0 unspecified atom stereocenters. The van der Waals surface area contributed by atoms with E-state index in [1.165, 1.54) is 19.2 Å². The van der Waals surface area contributed by atoms with Gasteiger partial charge in [-0.2, -0.15) is 0 Å². The molecule has 8 nitrogen and oxygen atoms in total. The van der Waals surface area contributed by atoms with Crippen LogP contribution in [-0.2, 0) is 0 Å². The molecule has 4 amide bonds. The quantitative estimate of drug-likeness (QED) is 0.624. The predicted molar refractivity (Wildman–Crippen MR) is 103 cm³/mol. The summed E-state index contributed by atoms with van der Waals surface area (Å²) in [5.74, 6) is -0.655. The predicted octanol–water partition coefficient (Wildman–Crippen LogP) is 2.58. The summed E-state index contributed by atoms with van der Waals surface area (Å²) in [7, 11) is 1.45. The number of urea groups is 1. The Morgan fingerprint density at radius 2 is 1.74 bits per heavy atom. The third kappa shape index (κ3) is 5.46. The fraction of sp³-hybridized carbons (Fsp3) is 0.211. The summed E-state index contributed by atoms with van der Waals surface area (Å²) >= 11 is 0. The second-order valence-electron chi connectivity index (χ2n) is 6.07. The minimum atomic E-state index is -0.615. The molecule has 0 atom stereocenters. The molecule has 0 spiro atoms. The van der Waals surface area contributed by atoms with Crippen LogP contribution in [0.25, 0.3) is 0 Å². The third-order valence-electron chi connectivity index (χ3n) is 3.53. The number of hydrogen-bond donors (Lipinski definition) is 4. The zero-order valence-electron chi connectivity index (χ0n) is 15.3. The lowest BCUT2D eigenvalue weighted by atomic mass is 10.1. The van der Waals surface area contributed by atoms with E-state index in [0.29, 0.717) is 22.7 Å². The first-order valence-electron chi connectivity index (χ1n) is 8.27. The van der Waals surface area contributed by atoms with Crippen LogP contribution < -0.4 is 26.4 Å². The first kappa shape index (κ1) is 19.8. The van der Waals surface area contributed by atoms with Crippen molar-refractivity contribution in [3.05, 3.63) is 53.6 Å². The van der Waals surface area contributed by atoms with Crippen molar-refractivity contribution in [2.45, 2.75) is 19.9 Å². The van der Waals surface area contributed by atoms with Gasteiger partial charge in [0.05, 0.1) is 12.8 Å². The lowest BCUT2D eigenvalue weighted by Crippen LogP contribution is -2.34. The Balaban J connectivity index is 2.19. The minimum Gasteiger partial charge on any atom is -0.495 e. The Morgan fingerprint density at radius 3 is 2.37 bits per heavy atom. The molecular formula is C19H22N4O4. The van der Waals surface area contributed by atoms with Crippen molar-refractivity contribution >= 4 is 29.2 Å². The largest absolute Gasteiger partial charge is 0.495 e. The van der Waals surface area contributed by atoms with Crippen molar-refractivity contribution in [2.75, 3.05) is 17.7 Å². The van der Waals surface area contributed by atoms with Gasteiger partial charge in [0.15, 0.2) is 0 Å². The van der Waals surface area contributed by atoms with Gasteiger partial charge in [-0.15, -0.1) is 0 Å². The van der Waals surface area contributed by atoms with E-state index in [-0.39, 0.29) is 17.6 Å². The topological polar surface area (TPSA) is 123 Å². The molecule has 2 aromatic carbocycles. The Hall–Kier alpha value is -3.55. The van der Waals surface area contributed by atoms with Crippen molar-refractivity contribution in [1.82, 2.24) is 5.32 Å². The molecule has 2 aromatic rings. The summed E-state index contributed by atoms with van der Waals surface area (Å²) in [6.45, 7) is 3.69. The second-order valence-corrected chi connectivity index (χ2v) is 6.07. The molecule has 0 bridgehead atoms. The normalized spacial score (nSPS) is 10.2. The second kappa shape index (κ2) is 8.70. The van der Waals surface area contributed by atoms with Gasteiger partial charge < -0.3 is 26.4 Å². The maximum absolute atomic E-state index is 12.6. The van der Waals surface area contributed by atoms with Gasteiger partial charge in [-0.05, 0) is 50.2 Å². The number of primary amides is 1. The molecule has 0 heterocycles. The lowest BCUT2D eigenvalue weighted by Gasteiger charge is -2.13. The number of hydrogen-bond acceptors (Lipinski definition) is 4. The number of carbonyl (C=O) groups excluding carboxylic acids is 3. The van der Waals surface area contributed by atoms with Crippen LogP contribution in [0.15, 0.2) is 42.5 Å². The van der Waals surface area contributed by atoms with Crippen LogP contribution in [0, 0.1) is 0 Å². The minimum absolute atomic E-state index is 0.0125. The van der Waals surface area contributed by atoms with Gasteiger partial charge in [0.2, 0.25) is 5.91 Å². The highest BCUT2D eigenvalue weighted by molar-refractivity contribution is 6.06. The highest BCUT2D eigenvalue weighted by atomic mass is 16.5. The summed E-state index contributed by atoms with van der Waals surface area (Å²) < 4.78 is 5.20. The van der Waals surface area contributed by atoms with Crippen molar-refractivity contribution in [3.63, 3.8) is 0 Å². The van der Waals surface area contributed by atoms with Gasteiger partial charge in [-0.25, -0.2) is 4.79 Å². The molecule has 0 aromatic heterocycles. The first-order valence-corrected chi connectivity index (χ1v) is 8.27. The number of nitrogens with one attached hydrogen (secondary N) is 3. The van der Waals surface area contributed by atoms with Gasteiger partial charge in [0, 0.05) is 22.9 Å². The van der Waals surface area contributed by atoms with E-state index in [0.717, 1.165) is 0 Å². The molecule has 0 fully saturated rings. The summed E-state index contributed by atoms with van der Waals surface area (Å²) in [6, 6.07) is 10.6. The van der Waals surface area contributed by atoms with E-state index in [9.17, 15) is 14.4 Å². The van der Waals surface area contributed by atoms with Crippen LogP contribution in [0.5, 0.6) is 5.75 Å². The van der Waals surface area contributed by atoms with Gasteiger partial charge in [0.1, 0.15) is 5.75 Å². The molecule has 0 radical (unpaired) electrons. The van der Waals surface area contributed by atoms with Crippen LogP contribution >= 0.6 is 0 Å². The Morgan fingerprint density at radius 1 is 1.00 bits per heavy atom.